The number of allylic oxidation sites excluding steroid dienone is 1. The van der Waals surface area contributed by atoms with Gasteiger partial charge in [0.25, 0.3) is 0 Å². The van der Waals surface area contributed by atoms with Crippen LogP contribution in [0.25, 0.3) is 0 Å². The van der Waals surface area contributed by atoms with Crippen LogP contribution >= 0.6 is 0 Å². The minimum Gasteiger partial charge on any atom is -0.388 e. The first kappa shape index (κ1) is 8.54. The molecule has 1 heteroatoms. The molecule has 0 spiro atoms. The zero-order valence-electron chi connectivity index (χ0n) is 7.09. The highest BCUT2D eigenvalue weighted by molar-refractivity contribution is 5.08. The summed E-state index contributed by atoms with van der Waals surface area (Å²) >= 11 is 0. The molecule has 2 atom stereocenters. The Hall–Kier alpha value is -0.560. The molecule has 0 aromatic rings. The first-order chi connectivity index (χ1) is 5.24. The fourth-order valence-electron chi connectivity index (χ4n) is 1.59. The highest BCUT2D eigenvalue weighted by Crippen LogP contribution is 2.25. The second-order valence-corrected chi connectivity index (χ2v) is 3.30. The van der Waals surface area contributed by atoms with E-state index in [1.807, 2.05) is 0 Å². The number of rotatable bonds is 2. The molecule has 0 aromatic heterocycles. The van der Waals surface area contributed by atoms with Crippen molar-refractivity contribution in [2.24, 2.45) is 5.92 Å². The summed E-state index contributed by atoms with van der Waals surface area (Å²) in [6.07, 6.45) is 6.96. The van der Waals surface area contributed by atoms with Gasteiger partial charge in [0.05, 0.1) is 6.10 Å². The van der Waals surface area contributed by atoms with E-state index >= 15 is 0 Å². The average molecular weight is 152 g/mol. The van der Waals surface area contributed by atoms with Crippen LogP contribution in [0.4, 0.5) is 0 Å². The maximum absolute atomic E-state index is 9.44. The fraction of sp³-hybridized carbons (Fsp3) is 0.600. The zero-order valence-corrected chi connectivity index (χ0v) is 7.09. The highest BCUT2D eigenvalue weighted by atomic mass is 16.3. The van der Waals surface area contributed by atoms with Gasteiger partial charge in [-0.05, 0) is 26.2 Å². The lowest BCUT2D eigenvalue weighted by Gasteiger charge is -2.21. The lowest BCUT2D eigenvalue weighted by Crippen LogP contribution is -2.18. The molecule has 1 rings (SSSR count). The summed E-state index contributed by atoms with van der Waals surface area (Å²) in [5, 5.41) is 9.44. The van der Waals surface area contributed by atoms with Crippen molar-refractivity contribution < 1.29 is 5.11 Å². The van der Waals surface area contributed by atoms with E-state index in [1.54, 1.807) is 6.08 Å². The molecule has 0 bridgehead atoms. The van der Waals surface area contributed by atoms with Crippen molar-refractivity contribution in [3.05, 3.63) is 24.3 Å². The Bertz CT molecular complexity index is 170. The topological polar surface area (TPSA) is 20.2 Å². The summed E-state index contributed by atoms with van der Waals surface area (Å²) < 4.78 is 0. The van der Waals surface area contributed by atoms with Crippen molar-refractivity contribution in [2.75, 3.05) is 0 Å². The van der Waals surface area contributed by atoms with Crippen LogP contribution in [0.15, 0.2) is 24.3 Å². The molecular weight excluding hydrogens is 136 g/mol. The second kappa shape index (κ2) is 3.72. The highest BCUT2D eigenvalue weighted by Gasteiger charge is 2.16. The molecule has 0 radical (unpaired) electrons. The molecule has 11 heavy (non-hydrogen) atoms. The normalized spacial score (nSPS) is 27.5. The van der Waals surface area contributed by atoms with E-state index in [9.17, 15) is 5.11 Å². The number of hydrogen-bond donors (Lipinski definition) is 1. The molecule has 1 aliphatic rings. The number of aliphatic hydroxyl groups excluding tert-OH is 1. The zero-order chi connectivity index (χ0) is 8.27. The van der Waals surface area contributed by atoms with Crippen molar-refractivity contribution in [1.29, 1.82) is 0 Å². The molecule has 0 unspecified atom stereocenters. The summed E-state index contributed by atoms with van der Waals surface area (Å²) in [5.74, 6) is 0.321. The van der Waals surface area contributed by atoms with E-state index in [2.05, 4.69) is 19.6 Å². The molecule has 0 aromatic carbocycles. The predicted octanol–water partition coefficient (Wildman–Crippen LogP) is 2.28. The SMILES string of the molecule is C=C[C@H](O)[C@@H]1C=C(C)CCC1. The maximum Gasteiger partial charge on any atom is 0.0780 e. The van der Waals surface area contributed by atoms with Crippen LogP contribution in [0.2, 0.25) is 0 Å². The Morgan fingerprint density at radius 2 is 2.55 bits per heavy atom. The molecule has 0 amide bonds. The molecule has 0 aliphatic heterocycles. The molecule has 1 aliphatic carbocycles. The molecule has 0 saturated heterocycles. The summed E-state index contributed by atoms with van der Waals surface area (Å²) in [4.78, 5) is 0. The summed E-state index contributed by atoms with van der Waals surface area (Å²) in [6, 6.07) is 0. The Balaban J connectivity index is 2.58. The van der Waals surface area contributed by atoms with Crippen LogP contribution in [0.3, 0.4) is 0 Å². The van der Waals surface area contributed by atoms with E-state index in [0.717, 1.165) is 6.42 Å². The quantitative estimate of drug-likeness (QED) is 0.602. The first-order valence-electron chi connectivity index (χ1n) is 4.22. The van der Waals surface area contributed by atoms with Crippen LogP contribution in [0.1, 0.15) is 26.2 Å². The predicted molar refractivity (Wildman–Crippen MR) is 47.3 cm³/mol. The summed E-state index contributed by atoms with van der Waals surface area (Å²) in [7, 11) is 0. The molecular formula is C10H16O. The Kier molecular flexibility index (Phi) is 2.89. The van der Waals surface area contributed by atoms with Gasteiger partial charge < -0.3 is 5.11 Å². The summed E-state index contributed by atoms with van der Waals surface area (Å²) in [5.41, 5.74) is 1.40. The number of aliphatic hydroxyl groups is 1. The van der Waals surface area contributed by atoms with Gasteiger partial charge in [-0.25, -0.2) is 0 Å². The van der Waals surface area contributed by atoms with Crippen molar-refractivity contribution in [3.8, 4) is 0 Å². The van der Waals surface area contributed by atoms with Crippen LogP contribution in [0, 0.1) is 5.92 Å². The lowest BCUT2D eigenvalue weighted by molar-refractivity contribution is 0.167. The van der Waals surface area contributed by atoms with Gasteiger partial charge in [-0.1, -0.05) is 17.7 Å². The van der Waals surface area contributed by atoms with Gasteiger partial charge in [0.2, 0.25) is 0 Å². The van der Waals surface area contributed by atoms with E-state index in [0.29, 0.717) is 5.92 Å². The lowest BCUT2D eigenvalue weighted by atomic mass is 9.87. The molecule has 0 fully saturated rings. The van der Waals surface area contributed by atoms with Gasteiger partial charge in [0, 0.05) is 5.92 Å². The summed E-state index contributed by atoms with van der Waals surface area (Å²) in [6.45, 7) is 5.71. The molecule has 0 heterocycles. The van der Waals surface area contributed by atoms with Gasteiger partial charge in [0.15, 0.2) is 0 Å². The van der Waals surface area contributed by atoms with E-state index < -0.39 is 0 Å². The third kappa shape index (κ3) is 2.19. The van der Waals surface area contributed by atoms with Gasteiger partial charge in [-0.2, -0.15) is 0 Å². The Labute approximate surface area is 68.4 Å². The third-order valence-electron chi connectivity index (χ3n) is 2.29. The molecule has 0 saturated carbocycles. The van der Waals surface area contributed by atoms with Crippen molar-refractivity contribution in [2.45, 2.75) is 32.3 Å². The monoisotopic (exact) mass is 152 g/mol. The second-order valence-electron chi connectivity index (χ2n) is 3.30. The van der Waals surface area contributed by atoms with Gasteiger partial charge in [-0.3, -0.25) is 0 Å². The van der Waals surface area contributed by atoms with E-state index in [-0.39, 0.29) is 6.10 Å². The standard InChI is InChI=1S/C10H16O/c1-3-10(11)9-6-4-5-8(2)7-9/h3,7,9-11H,1,4-6H2,2H3/t9-,10-/m0/s1. The van der Waals surface area contributed by atoms with Gasteiger partial charge in [-0.15, -0.1) is 6.58 Å². The van der Waals surface area contributed by atoms with Crippen molar-refractivity contribution >= 4 is 0 Å². The first-order valence-corrected chi connectivity index (χ1v) is 4.22. The van der Waals surface area contributed by atoms with Crippen molar-refractivity contribution in [1.82, 2.24) is 0 Å². The average Bonchev–Trinajstić information content (AvgIpc) is 2.03. The van der Waals surface area contributed by atoms with E-state index in [1.165, 1.54) is 18.4 Å². The fourth-order valence-corrected chi connectivity index (χ4v) is 1.59. The van der Waals surface area contributed by atoms with Crippen LogP contribution in [-0.4, -0.2) is 11.2 Å². The van der Waals surface area contributed by atoms with Crippen LogP contribution in [0.5, 0.6) is 0 Å². The van der Waals surface area contributed by atoms with Crippen LogP contribution in [-0.2, 0) is 0 Å². The number of hydrogen-bond acceptors (Lipinski definition) is 1. The van der Waals surface area contributed by atoms with Gasteiger partial charge in [0.1, 0.15) is 0 Å². The molecule has 1 nitrogen and oxygen atoms in total. The van der Waals surface area contributed by atoms with Gasteiger partial charge >= 0.3 is 0 Å². The van der Waals surface area contributed by atoms with E-state index in [4.69, 9.17) is 0 Å². The smallest absolute Gasteiger partial charge is 0.0780 e. The largest absolute Gasteiger partial charge is 0.388 e. The van der Waals surface area contributed by atoms with Crippen molar-refractivity contribution in [3.63, 3.8) is 0 Å². The van der Waals surface area contributed by atoms with Crippen LogP contribution < -0.4 is 0 Å². The molecule has 62 valence electrons. The maximum atomic E-state index is 9.44. The third-order valence-corrected chi connectivity index (χ3v) is 2.29. The Morgan fingerprint density at radius 1 is 1.82 bits per heavy atom. The minimum absolute atomic E-state index is 0.321. The Morgan fingerprint density at radius 3 is 3.09 bits per heavy atom. The molecule has 1 N–H and O–H groups in total. The minimum atomic E-state index is -0.342.